The lowest BCUT2D eigenvalue weighted by Crippen LogP contribution is -2.10. The lowest BCUT2D eigenvalue weighted by atomic mass is 10.4. The van der Waals surface area contributed by atoms with E-state index in [0.717, 1.165) is 0 Å². The Morgan fingerprint density at radius 1 is 1.78 bits per heavy atom. The summed E-state index contributed by atoms with van der Waals surface area (Å²) in [5, 5.41) is 0. The molecule has 1 amide bonds. The molecule has 3 heteroatoms. The Labute approximate surface area is 55.0 Å². The number of aliphatic imine (C=N–C) groups is 1. The maximum Gasteiger partial charge on any atom is 0.222 e. The van der Waals surface area contributed by atoms with E-state index in [4.69, 9.17) is 5.73 Å². The van der Waals surface area contributed by atoms with Crippen LogP contribution in [0.4, 0.5) is 0 Å². The fourth-order valence-corrected chi connectivity index (χ4v) is 0.353. The van der Waals surface area contributed by atoms with Crippen molar-refractivity contribution in [1.29, 1.82) is 0 Å². The van der Waals surface area contributed by atoms with Crippen LogP contribution in [0.2, 0.25) is 0 Å². The number of hydrogen-bond acceptors (Lipinski definition) is 2. The SMILES string of the molecule is CC(C)N=CCC(N)=O. The molecule has 0 aliphatic rings. The smallest absolute Gasteiger partial charge is 0.222 e. The van der Waals surface area contributed by atoms with Gasteiger partial charge in [-0.05, 0) is 13.8 Å². The Bertz CT molecular complexity index is 118. The summed E-state index contributed by atoms with van der Waals surface area (Å²) in [6, 6.07) is 0.254. The highest BCUT2D eigenvalue weighted by atomic mass is 16.1. The van der Waals surface area contributed by atoms with Crippen molar-refractivity contribution in [3.63, 3.8) is 0 Å². The van der Waals surface area contributed by atoms with E-state index in [9.17, 15) is 4.79 Å². The van der Waals surface area contributed by atoms with Gasteiger partial charge in [-0.2, -0.15) is 0 Å². The van der Waals surface area contributed by atoms with Crippen molar-refractivity contribution in [2.45, 2.75) is 26.3 Å². The van der Waals surface area contributed by atoms with Gasteiger partial charge in [-0.15, -0.1) is 0 Å². The number of carbonyl (C=O) groups excluding carboxylic acids is 1. The minimum absolute atomic E-state index is 0.248. The van der Waals surface area contributed by atoms with Gasteiger partial charge in [0.2, 0.25) is 5.91 Å². The predicted octanol–water partition coefficient (Wildman–Crippen LogP) is 0.341. The molecule has 0 aromatic heterocycles. The van der Waals surface area contributed by atoms with Gasteiger partial charge in [-0.1, -0.05) is 0 Å². The fourth-order valence-electron chi connectivity index (χ4n) is 0.353. The summed E-state index contributed by atoms with van der Waals surface area (Å²) in [6.45, 7) is 3.88. The molecule has 0 aliphatic carbocycles. The van der Waals surface area contributed by atoms with Crippen molar-refractivity contribution in [3.05, 3.63) is 0 Å². The summed E-state index contributed by atoms with van der Waals surface area (Å²) in [7, 11) is 0. The van der Waals surface area contributed by atoms with Gasteiger partial charge in [-0.25, -0.2) is 0 Å². The summed E-state index contributed by atoms with van der Waals surface area (Å²) < 4.78 is 0. The molecule has 0 aromatic carbocycles. The highest BCUT2D eigenvalue weighted by molar-refractivity contribution is 5.88. The maximum absolute atomic E-state index is 10.1. The monoisotopic (exact) mass is 128 g/mol. The zero-order valence-electron chi connectivity index (χ0n) is 5.79. The van der Waals surface area contributed by atoms with Gasteiger partial charge in [0.05, 0.1) is 6.42 Å². The quantitative estimate of drug-likeness (QED) is 0.547. The number of nitrogens with two attached hydrogens (primary N) is 1. The summed E-state index contributed by atoms with van der Waals surface area (Å²) in [5.41, 5.74) is 4.85. The minimum atomic E-state index is -0.334. The van der Waals surface area contributed by atoms with Crippen molar-refractivity contribution in [2.24, 2.45) is 10.7 Å². The third kappa shape index (κ3) is 7.14. The number of hydrogen-bond donors (Lipinski definition) is 1. The zero-order chi connectivity index (χ0) is 7.28. The molecule has 0 saturated carbocycles. The van der Waals surface area contributed by atoms with Gasteiger partial charge >= 0.3 is 0 Å². The van der Waals surface area contributed by atoms with Crippen molar-refractivity contribution in [3.8, 4) is 0 Å². The summed E-state index contributed by atoms with van der Waals surface area (Å²) in [6.07, 6.45) is 1.80. The summed E-state index contributed by atoms with van der Waals surface area (Å²) in [4.78, 5) is 14.1. The van der Waals surface area contributed by atoms with Crippen molar-refractivity contribution in [2.75, 3.05) is 0 Å². The molecule has 0 rings (SSSR count). The van der Waals surface area contributed by atoms with Crippen molar-refractivity contribution in [1.82, 2.24) is 0 Å². The topological polar surface area (TPSA) is 55.4 Å². The molecule has 0 atom stereocenters. The van der Waals surface area contributed by atoms with E-state index in [1.165, 1.54) is 0 Å². The predicted molar refractivity (Wildman–Crippen MR) is 37.4 cm³/mol. The van der Waals surface area contributed by atoms with Gasteiger partial charge in [0.1, 0.15) is 0 Å². The van der Waals surface area contributed by atoms with Crippen LogP contribution in [0, 0.1) is 0 Å². The number of primary amides is 1. The van der Waals surface area contributed by atoms with Crippen LogP contribution in [-0.4, -0.2) is 18.2 Å². The lowest BCUT2D eigenvalue weighted by Gasteiger charge is -1.91. The van der Waals surface area contributed by atoms with Crippen molar-refractivity contribution < 1.29 is 4.79 Å². The Balaban J connectivity index is 3.36. The van der Waals surface area contributed by atoms with Crippen LogP contribution in [0.1, 0.15) is 20.3 Å². The van der Waals surface area contributed by atoms with E-state index in [2.05, 4.69) is 4.99 Å². The van der Waals surface area contributed by atoms with E-state index < -0.39 is 0 Å². The largest absolute Gasteiger partial charge is 0.369 e. The molecule has 0 bridgehead atoms. The van der Waals surface area contributed by atoms with Crippen LogP contribution in [0.15, 0.2) is 4.99 Å². The fraction of sp³-hybridized carbons (Fsp3) is 0.667. The zero-order valence-corrected chi connectivity index (χ0v) is 5.79. The molecule has 9 heavy (non-hydrogen) atoms. The first kappa shape index (κ1) is 8.14. The maximum atomic E-state index is 10.1. The first-order chi connectivity index (χ1) is 4.13. The summed E-state index contributed by atoms with van der Waals surface area (Å²) >= 11 is 0. The Kier molecular flexibility index (Phi) is 3.67. The van der Waals surface area contributed by atoms with Crippen LogP contribution in [0.5, 0.6) is 0 Å². The molecule has 2 N–H and O–H groups in total. The molecule has 0 unspecified atom stereocenters. The molecule has 0 radical (unpaired) electrons. The molecule has 0 fully saturated rings. The molecule has 52 valence electrons. The molecule has 0 saturated heterocycles. The van der Waals surface area contributed by atoms with E-state index in [-0.39, 0.29) is 18.4 Å². The first-order valence-corrected chi connectivity index (χ1v) is 2.93. The Morgan fingerprint density at radius 3 is 2.67 bits per heavy atom. The Morgan fingerprint density at radius 2 is 2.33 bits per heavy atom. The number of rotatable bonds is 3. The van der Waals surface area contributed by atoms with E-state index in [0.29, 0.717) is 0 Å². The van der Waals surface area contributed by atoms with E-state index in [1.807, 2.05) is 13.8 Å². The third-order valence-corrected chi connectivity index (χ3v) is 0.696. The number of amides is 1. The van der Waals surface area contributed by atoms with Crippen LogP contribution in [-0.2, 0) is 4.79 Å². The van der Waals surface area contributed by atoms with Gasteiger partial charge in [0, 0.05) is 12.3 Å². The lowest BCUT2D eigenvalue weighted by molar-refractivity contribution is -0.116. The molecule has 0 spiro atoms. The second-order valence-corrected chi connectivity index (χ2v) is 2.10. The molecule has 0 heterocycles. The average Bonchev–Trinajstić information content (AvgIpc) is 1.63. The van der Waals surface area contributed by atoms with E-state index >= 15 is 0 Å². The molecule has 0 aliphatic heterocycles. The number of nitrogens with zero attached hydrogens (tertiary/aromatic N) is 1. The van der Waals surface area contributed by atoms with Crippen molar-refractivity contribution >= 4 is 12.1 Å². The second-order valence-electron chi connectivity index (χ2n) is 2.10. The van der Waals surface area contributed by atoms with Crippen LogP contribution in [0.3, 0.4) is 0 Å². The molecular weight excluding hydrogens is 116 g/mol. The standard InChI is InChI=1S/C6H12N2O/c1-5(2)8-4-3-6(7)9/h4-5H,3H2,1-2H3,(H2,7,9). The molecule has 0 aromatic rings. The Hall–Kier alpha value is -0.860. The normalized spacial score (nSPS) is 11.0. The van der Waals surface area contributed by atoms with Gasteiger partial charge < -0.3 is 5.73 Å². The second kappa shape index (κ2) is 4.06. The van der Waals surface area contributed by atoms with Crippen LogP contribution in [0.25, 0.3) is 0 Å². The highest BCUT2D eigenvalue weighted by Gasteiger charge is 1.87. The summed E-state index contributed by atoms with van der Waals surface area (Å²) in [5.74, 6) is -0.334. The molecule has 3 nitrogen and oxygen atoms in total. The highest BCUT2D eigenvalue weighted by Crippen LogP contribution is 1.83. The van der Waals surface area contributed by atoms with Crippen LogP contribution >= 0.6 is 0 Å². The van der Waals surface area contributed by atoms with E-state index in [1.54, 1.807) is 6.21 Å². The third-order valence-electron chi connectivity index (χ3n) is 0.696. The number of carbonyl (C=O) groups is 1. The van der Waals surface area contributed by atoms with Gasteiger partial charge in [0.15, 0.2) is 0 Å². The average molecular weight is 128 g/mol. The minimum Gasteiger partial charge on any atom is -0.369 e. The van der Waals surface area contributed by atoms with Gasteiger partial charge in [-0.3, -0.25) is 9.79 Å². The van der Waals surface area contributed by atoms with Gasteiger partial charge in [0.25, 0.3) is 0 Å². The van der Waals surface area contributed by atoms with Crippen LogP contribution < -0.4 is 5.73 Å². The first-order valence-electron chi connectivity index (χ1n) is 2.93. The molecular formula is C6H12N2O.